The van der Waals surface area contributed by atoms with Crippen molar-refractivity contribution in [2.24, 2.45) is 0 Å². The van der Waals surface area contributed by atoms with E-state index < -0.39 is 0 Å². The monoisotopic (exact) mass is 182 g/mol. The third-order valence-corrected chi connectivity index (χ3v) is 2.43. The Morgan fingerprint density at radius 2 is 1.92 bits per heavy atom. The van der Waals surface area contributed by atoms with E-state index in [0.29, 0.717) is 5.92 Å². The maximum absolute atomic E-state index is 5.04. The fraction of sp³-hybridized carbons (Fsp3) is 0.400. The lowest BCUT2D eigenvalue weighted by Crippen LogP contribution is -1.89. The maximum Gasteiger partial charge on any atom is 0.0508 e. The zero-order valence-electron chi connectivity index (χ0n) is 7.70. The molecule has 0 fully saturated rings. The fourth-order valence-corrected chi connectivity index (χ4v) is 1.84. The minimum Gasteiger partial charge on any atom is -0.314 e. The Bertz CT molecular complexity index is 245. The van der Waals surface area contributed by atoms with Crippen LogP contribution in [0.15, 0.2) is 29.2 Å². The topological polar surface area (TPSA) is 9.23 Å². The Hall–Kier alpha value is -0.470. The van der Waals surface area contributed by atoms with Crippen molar-refractivity contribution in [2.75, 3.05) is 7.11 Å². The van der Waals surface area contributed by atoms with E-state index in [-0.39, 0.29) is 0 Å². The van der Waals surface area contributed by atoms with Gasteiger partial charge in [-0.15, -0.1) is 0 Å². The van der Waals surface area contributed by atoms with Crippen molar-refractivity contribution in [3.05, 3.63) is 29.8 Å². The van der Waals surface area contributed by atoms with E-state index in [2.05, 4.69) is 32.0 Å². The van der Waals surface area contributed by atoms with Crippen molar-refractivity contribution in [1.29, 1.82) is 0 Å². The average molecular weight is 182 g/mol. The molecule has 0 amide bonds. The minimum atomic E-state index is 0.559. The highest BCUT2D eigenvalue weighted by Gasteiger charge is 2.05. The third-order valence-electron chi connectivity index (χ3n) is 1.71. The van der Waals surface area contributed by atoms with Gasteiger partial charge >= 0.3 is 0 Å². The Morgan fingerprint density at radius 1 is 1.25 bits per heavy atom. The van der Waals surface area contributed by atoms with Crippen molar-refractivity contribution in [1.82, 2.24) is 0 Å². The Morgan fingerprint density at radius 3 is 2.50 bits per heavy atom. The largest absolute Gasteiger partial charge is 0.314 e. The Labute approximate surface area is 78.3 Å². The van der Waals surface area contributed by atoms with Crippen LogP contribution in [0.2, 0.25) is 0 Å². The maximum atomic E-state index is 5.04. The Balaban J connectivity index is 2.92. The van der Waals surface area contributed by atoms with Crippen LogP contribution in [-0.2, 0) is 4.18 Å². The molecule has 12 heavy (non-hydrogen) atoms. The number of hydrogen-bond donors (Lipinski definition) is 0. The number of benzene rings is 1. The van der Waals surface area contributed by atoms with Gasteiger partial charge in [-0.05, 0) is 17.5 Å². The zero-order chi connectivity index (χ0) is 8.97. The molecule has 0 aliphatic carbocycles. The SMILES string of the molecule is COSc1ccccc1C(C)C. The molecular formula is C10H14OS. The summed E-state index contributed by atoms with van der Waals surface area (Å²) in [5.74, 6) is 0.559. The molecule has 2 heteroatoms. The molecule has 1 nitrogen and oxygen atoms in total. The molecule has 66 valence electrons. The molecule has 0 aliphatic heterocycles. The predicted octanol–water partition coefficient (Wildman–Crippen LogP) is 3.46. The van der Waals surface area contributed by atoms with E-state index in [4.69, 9.17) is 4.18 Å². The van der Waals surface area contributed by atoms with Gasteiger partial charge in [0.2, 0.25) is 0 Å². The van der Waals surface area contributed by atoms with Crippen LogP contribution in [0.5, 0.6) is 0 Å². The molecule has 0 saturated heterocycles. The summed E-state index contributed by atoms with van der Waals surface area (Å²) in [6.45, 7) is 4.38. The highest BCUT2D eigenvalue weighted by atomic mass is 32.2. The molecule has 0 unspecified atom stereocenters. The van der Waals surface area contributed by atoms with Gasteiger partial charge in [-0.2, -0.15) is 0 Å². The molecular weight excluding hydrogens is 168 g/mol. The minimum absolute atomic E-state index is 0.559. The number of rotatable bonds is 3. The smallest absolute Gasteiger partial charge is 0.0508 e. The summed E-state index contributed by atoms with van der Waals surface area (Å²) < 4.78 is 5.04. The summed E-state index contributed by atoms with van der Waals surface area (Å²) in [6.07, 6.45) is 0. The summed E-state index contributed by atoms with van der Waals surface area (Å²) in [5.41, 5.74) is 1.35. The van der Waals surface area contributed by atoms with Gasteiger partial charge in [0.25, 0.3) is 0 Å². The van der Waals surface area contributed by atoms with Crippen LogP contribution in [0.4, 0.5) is 0 Å². The molecule has 0 N–H and O–H groups in total. The quantitative estimate of drug-likeness (QED) is 0.662. The second-order valence-electron chi connectivity index (χ2n) is 2.94. The zero-order valence-corrected chi connectivity index (χ0v) is 8.52. The molecule has 0 heterocycles. The molecule has 1 rings (SSSR count). The first kappa shape index (κ1) is 9.62. The van der Waals surface area contributed by atoms with E-state index in [0.717, 1.165) is 0 Å². The summed E-state index contributed by atoms with van der Waals surface area (Å²) in [7, 11) is 1.70. The van der Waals surface area contributed by atoms with Gasteiger partial charge in [0, 0.05) is 16.9 Å². The Kier molecular flexibility index (Phi) is 3.63. The van der Waals surface area contributed by atoms with E-state index in [1.54, 1.807) is 7.11 Å². The molecule has 0 radical (unpaired) electrons. The van der Waals surface area contributed by atoms with E-state index in [1.165, 1.54) is 22.5 Å². The van der Waals surface area contributed by atoms with Crippen LogP contribution in [-0.4, -0.2) is 7.11 Å². The standard InChI is InChI=1S/C10H14OS/c1-8(2)9-6-4-5-7-10(9)12-11-3/h4-8H,1-3H3. The molecule has 0 atom stereocenters. The van der Waals surface area contributed by atoms with Gasteiger partial charge < -0.3 is 4.18 Å². The third kappa shape index (κ3) is 2.26. The molecule has 0 aromatic heterocycles. The predicted molar refractivity (Wildman–Crippen MR) is 53.4 cm³/mol. The van der Waals surface area contributed by atoms with Gasteiger partial charge in [-0.1, -0.05) is 32.0 Å². The van der Waals surface area contributed by atoms with Crippen LogP contribution in [0, 0.1) is 0 Å². The first-order chi connectivity index (χ1) is 5.75. The highest BCUT2D eigenvalue weighted by Crippen LogP contribution is 2.27. The summed E-state index contributed by atoms with van der Waals surface area (Å²) in [5, 5.41) is 0. The van der Waals surface area contributed by atoms with Crippen molar-refractivity contribution >= 4 is 12.0 Å². The van der Waals surface area contributed by atoms with E-state index in [9.17, 15) is 0 Å². The molecule has 0 aliphatic rings. The van der Waals surface area contributed by atoms with Crippen LogP contribution >= 0.6 is 12.0 Å². The first-order valence-electron chi connectivity index (χ1n) is 4.05. The van der Waals surface area contributed by atoms with Crippen LogP contribution in [0.3, 0.4) is 0 Å². The molecule has 0 spiro atoms. The normalized spacial score (nSPS) is 10.7. The lowest BCUT2D eigenvalue weighted by atomic mass is 10.0. The second-order valence-corrected chi connectivity index (χ2v) is 3.88. The van der Waals surface area contributed by atoms with Gasteiger partial charge in [0.1, 0.15) is 0 Å². The van der Waals surface area contributed by atoms with Crippen molar-refractivity contribution in [3.63, 3.8) is 0 Å². The van der Waals surface area contributed by atoms with Crippen molar-refractivity contribution in [3.8, 4) is 0 Å². The lowest BCUT2D eigenvalue weighted by molar-refractivity contribution is 0.489. The van der Waals surface area contributed by atoms with Crippen LogP contribution in [0.1, 0.15) is 25.3 Å². The average Bonchev–Trinajstić information content (AvgIpc) is 2.05. The molecule has 1 aromatic rings. The summed E-state index contributed by atoms with van der Waals surface area (Å²) in [4.78, 5) is 1.22. The van der Waals surface area contributed by atoms with Gasteiger partial charge in [0.15, 0.2) is 0 Å². The van der Waals surface area contributed by atoms with Crippen LogP contribution in [0.25, 0.3) is 0 Å². The lowest BCUT2D eigenvalue weighted by Gasteiger charge is -2.09. The molecule has 0 bridgehead atoms. The summed E-state index contributed by atoms with van der Waals surface area (Å²) >= 11 is 1.43. The van der Waals surface area contributed by atoms with Gasteiger partial charge in [-0.25, -0.2) is 0 Å². The molecule has 1 aromatic carbocycles. The van der Waals surface area contributed by atoms with E-state index >= 15 is 0 Å². The summed E-state index contributed by atoms with van der Waals surface area (Å²) in [6, 6.07) is 8.33. The second kappa shape index (κ2) is 4.53. The van der Waals surface area contributed by atoms with Gasteiger partial charge in [0.05, 0.1) is 7.11 Å². The highest BCUT2D eigenvalue weighted by molar-refractivity contribution is 7.94. The van der Waals surface area contributed by atoms with Crippen molar-refractivity contribution in [2.45, 2.75) is 24.7 Å². The fourth-order valence-electron chi connectivity index (χ4n) is 1.12. The molecule has 0 saturated carbocycles. The van der Waals surface area contributed by atoms with E-state index in [1.807, 2.05) is 6.07 Å². The van der Waals surface area contributed by atoms with Crippen molar-refractivity contribution < 1.29 is 4.18 Å². The van der Waals surface area contributed by atoms with Crippen LogP contribution < -0.4 is 0 Å². The van der Waals surface area contributed by atoms with Gasteiger partial charge in [-0.3, -0.25) is 0 Å². The number of hydrogen-bond acceptors (Lipinski definition) is 2. The first-order valence-corrected chi connectivity index (χ1v) is 4.79.